The van der Waals surface area contributed by atoms with Crippen molar-refractivity contribution in [1.29, 1.82) is 0 Å². The molecule has 1 saturated heterocycles. The minimum Gasteiger partial charge on any atom is -0.473 e. The number of carboxylic acids is 2. The van der Waals surface area contributed by atoms with E-state index in [0.29, 0.717) is 0 Å². The summed E-state index contributed by atoms with van der Waals surface area (Å²) < 4.78 is 6.34. The number of halogens is 1. The monoisotopic (exact) mass is 525 g/mol. The number of hydrogen-bond donors (Lipinski definition) is 2. The Morgan fingerprint density at radius 3 is 2.05 bits per heavy atom. The van der Waals surface area contributed by atoms with E-state index in [2.05, 4.69) is 63.3 Å². The van der Waals surface area contributed by atoms with Gasteiger partial charge in [0.05, 0.1) is 0 Å². The van der Waals surface area contributed by atoms with Gasteiger partial charge in [0, 0.05) is 44.0 Å². The fourth-order valence-electron chi connectivity index (χ4n) is 4.03. The summed E-state index contributed by atoms with van der Waals surface area (Å²) in [6.07, 6.45) is 4.01. The van der Waals surface area contributed by atoms with Crippen molar-refractivity contribution < 1.29 is 24.5 Å². The van der Waals surface area contributed by atoms with E-state index in [-0.39, 0.29) is 6.10 Å². The van der Waals surface area contributed by atoms with Crippen molar-refractivity contribution in [3.05, 3.63) is 95.1 Å². The van der Waals surface area contributed by atoms with Crippen LogP contribution in [0.4, 0.5) is 5.82 Å². The molecule has 2 aromatic carbocycles. The summed E-state index contributed by atoms with van der Waals surface area (Å²) >= 11 is 6.07. The molecule has 1 aromatic heterocycles. The molecule has 0 amide bonds. The average molecular weight is 526 g/mol. The van der Waals surface area contributed by atoms with Crippen LogP contribution in [0.25, 0.3) is 0 Å². The highest BCUT2D eigenvalue weighted by Gasteiger charge is 2.18. The van der Waals surface area contributed by atoms with Gasteiger partial charge in [0.25, 0.3) is 0 Å². The summed E-state index contributed by atoms with van der Waals surface area (Å²) in [5.74, 6) is -2.56. The van der Waals surface area contributed by atoms with E-state index in [4.69, 9.17) is 36.1 Å². The molecule has 0 bridgehead atoms. The maximum Gasteiger partial charge on any atom is 0.414 e. The van der Waals surface area contributed by atoms with E-state index in [1.54, 1.807) is 0 Å². The molecule has 0 radical (unpaired) electrons. The molecule has 3 aromatic rings. The van der Waals surface area contributed by atoms with E-state index in [1.165, 1.54) is 5.56 Å². The number of unbranched alkanes of at least 4 members (excludes halogenated alkanes) is 1. The van der Waals surface area contributed by atoms with Crippen LogP contribution in [-0.2, 0) is 14.3 Å². The van der Waals surface area contributed by atoms with Gasteiger partial charge in [-0.15, -0.1) is 0 Å². The summed E-state index contributed by atoms with van der Waals surface area (Å²) in [5.41, 5.74) is 2.32. The molecule has 8 nitrogen and oxygen atoms in total. The van der Waals surface area contributed by atoms with Crippen molar-refractivity contribution in [3.63, 3.8) is 0 Å². The second-order valence-electron chi connectivity index (χ2n) is 8.55. The first kappa shape index (κ1) is 28.1. The molecular formula is C28H32ClN3O5. The van der Waals surface area contributed by atoms with Gasteiger partial charge in [-0.2, -0.15) is 0 Å². The number of hydrogen-bond acceptors (Lipinski definition) is 6. The molecule has 196 valence electrons. The molecule has 37 heavy (non-hydrogen) atoms. The van der Waals surface area contributed by atoms with Gasteiger partial charge in [0.2, 0.25) is 0 Å². The molecule has 1 aliphatic rings. The molecule has 1 aliphatic heterocycles. The van der Waals surface area contributed by atoms with E-state index in [9.17, 15) is 0 Å². The van der Waals surface area contributed by atoms with Gasteiger partial charge >= 0.3 is 11.9 Å². The Labute approximate surface area is 222 Å². The van der Waals surface area contributed by atoms with Crippen LogP contribution in [0.5, 0.6) is 0 Å². The van der Waals surface area contributed by atoms with Gasteiger partial charge in [-0.25, -0.2) is 14.6 Å². The molecule has 1 fully saturated rings. The average Bonchev–Trinajstić information content (AvgIpc) is 2.93. The first-order valence-corrected chi connectivity index (χ1v) is 12.6. The molecule has 1 atom stereocenters. The van der Waals surface area contributed by atoms with Gasteiger partial charge in [-0.3, -0.25) is 4.90 Å². The highest BCUT2D eigenvalue weighted by atomic mass is 35.5. The van der Waals surface area contributed by atoms with Crippen molar-refractivity contribution in [2.75, 3.05) is 44.2 Å². The second kappa shape index (κ2) is 14.9. The maximum atomic E-state index is 9.10. The standard InChI is InChI=1S/C26H30ClN3O.C2H2O4/c27-24-13-11-23(12-14-24)26(22-8-2-1-3-9-22)31-21-7-6-16-29-17-19-30(20-18-29)25-10-4-5-15-28-25;3-1(4)2(5)6/h1-5,8-15,26H,6-7,16-21H2;(H,3,4)(H,5,6). The molecular weight excluding hydrogens is 494 g/mol. The number of aliphatic carboxylic acids is 2. The largest absolute Gasteiger partial charge is 0.473 e. The van der Waals surface area contributed by atoms with E-state index < -0.39 is 11.9 Å². The first-order valence-electron chi connectivity index (χ1n) is 12.2. The van der Waals surface area contributed by atoms with Gasteiger partial charge in [0.15, 0.2) is 0 Å². The fourth-order valence-corrected chi connectivity index (χ4v) is 4.16. The number of nitrogens with zero attached hydrogens (tertiary/aromatic N) is 3. The molecule has 2 heterocycles. The van der Waals surface area contributed by atoms with Crippen LogP contribution >= 0.6 is 11.6 Å². The molecule has 0 saturated carbocycles. The summed E-state index contributed by atoms with van der Waals surface area (Å²) in [4.78, 5) is 27.6. The van der Waals surface area contributed by atoms with Gasteiger partial charge in [-0.1, -0.05) is 60.1 Å². The molecule has 9 heteroatoms. The summed E-state index contributed by atoms with van der Waals surface area (Å²) in [6, 6.07) is 24.5. The molecule has 4 rings (SSSR count). The van der Waals surface area contributed by atoms with Gasteiger partial charge in [-0.05, 0) is 54.8 Å². The van der Waals surface area contributed by atoms with Crippen LogP contribution in [0.1, 0.15) is 30.1 Å². The van der Waals surface area contributed by atoms with Crippen molar-refractivity contribution in [2.24, 2.45) is 0 Å². The highest BCUT2D eigenvalue weighted by molar-refractivity contribution is 6.30. The Bertz CT molecular complexity index is 1080. The minimum absolute atomic E-state index is 0.0552. The minimum atomic E-state index is -1.82. The van der Waals surface area contributed by atoms with Gasteiger partial charge in [0.1, 0.15) is 11.9 Å². The summed E-state index contributed by atoms with van der Waals surface area (Å²) in [5, 5.41) is 15.5. The number of ether oxygens (including phenoxy) is 1. The zero-order chi connectivity index (χ0) is 26.5. The third kappa shape index (κ3) is 9.49. The summed E-state index contributed by atoms with van der Waals surface area (Å²) in [6.45, 7) is 6.14. The van der Waals surface area contributed by atoms with Crippen LogP contribution in [0.2, 0.25) is 5.02 Å². The van der Waals surface area contributed by atoms with E-state index in [1.807, 2.05) is 30.5 Å². The Morgan fingerprint density at radius 1 is 0.838 bits per heavy atom. The number of pyridine rings is 1. The van der Waals surface area contributed by atoms with E-state index in [0.717, 1.165) is 68.6 Å². The normalized spacial score (nSPS) is 14.4. The van der Waals surface area contributed by atoms with Gasteiger partial charge < -0.3 is 19.8 Å². The third-order valence-corrected chi connectivity index (χ3v) is 6.21. The number of carbonyl (C=O) groups is 2. The third-order valence-electron chi connectivity index (χ3n) is 5.96. The van der Waals surface area contributed by atoms with Crippen molar-refractivity contribution in [2.45, 2.75) is 18.9 Å². The topological polar surface area (TPSA) is 103 Å². The molecule has 0 spiro atoms. The maximum absolute atomic E-state index is 9.10. The summed E-state index contributed by atoms with van der Waals surface area (Å²) in [7, 11) is 0. The lowest BCUT2D eigenvalue weighted by Gasteiger charge is -2.35. The Balaban J connectivity index is 0.000000568. The van der Waals surface area contributed by atoms with E-state index >= 15 is 0 Å². The Hall–Kier alpha value is -3.46. The Morgan fingerprint density at radius 2 is 1.46 bits per heavy atom. The van der Waals surface area contributed by atoms with Crippen molar-refractivity contribution in [3.8, 4) is 0 Å². The number of anilines is 1. The lowest BCUT2D eigenvalue weighted by Crippen LogP contribution is -2.46. The number of rotatable bonds is 9. The smallest absolute Gasteiger partial charge is 0.414 e. The second-order valence-corrected chi connectivity index (χ2v) is 8.98. The van der Waals surface area contributed by atoms with Crippen molar-refractivity contribution >= 4 is 29.4 Å². The fraction of sp³-hybridized carbons (Fsp3) is 0.321. The molecule has 1 unspecified atom stereocenters. The number of aromatic nitrogens is 1. The number of benzene rings is 2. The lowest BCUT2D eigenvalue weighted by atomic mass is 10.0. The zero-order valence-corrected chi connectivity index (χ0v) is 21.3. The predicted molar refractivity (Wildman–Crippen MR) is 143 cm³/mol. The highest BCUT2D eigenvalue weighted by Crippen LogP contribution is 2.27. The first-order chi connectivity index (χ1) is 17.9. The van der Waals surface area contributed by atoms with Crippen LogP contribution < -0.4 is 4.90 Å². The van der Waals surface area contributed by atoms with Crippen LogP contribution in [0.15, 0.2) is 79.0 Å². The predicted octanol–water partition coefficient (Wildman–Crippen LogP) is 4.60. The molecule has 2 N–H and O–H groups in total. The number of piperazine rings is 1. The zero-order valence-electron chi connectivity index (χ0n) is 20.6. The SMILES string of the molecule is Clc1ccc(C(OCCCCN2CCN(c3ccccn3)CC2)c2ccccc2)cc1.O=C(O)C(=O)O. The van der Waals surface area contributed by atoms with Crippen LogP contribution in [0.3, 0.4) is 0 Å². The molecule has 0 aliphatic carbocycles. The van der Waals surface area contributed by atoms with Crippen molar-refractivity contribution in [1.82, 2.24) is 9.88 Å². The Kier molecular flexibility index (Phi) is 11.4. The lowest BCUT2D eigenvalue weighted by molar-refractivity contribution is -0.159. The van der Waals surface area contributed by atoms with Crippen LogP contribution in [0, 0.1) is 0 Å². The number of carboxylic acid groups (broad SMARTS) is 2. The quantitative estimate of drug-likeness (QED) is 0.308. The van der Waals surface area contributed by atoms with Crippen LogP contribution in [-0.4, -0.2) is 71.4 Å².